The molecule has 22 heavy (non-hydrogen) atoms. The Morgan fingerprint density at radius 1 is 1.23 bits per heavy atom. The van der Waals surface area contributed by atoms with Crippen LogP contribution in [0.5, 0.6) is 0 Å². The fourth-order valence-corrected chi connectivity index (χ4v) is 2.95. The van der Waals surface area contributed by atoms with Crippen molar-refractivity contribution in [2.24, 2.45) is 0 Å². The summed E-state index contributed by atoms with van der Waals surface area (Å²) < 4.78 is 5.34. The van der Waals surface area contributed by atoms with Crippen LogP contribution in [0.4, 0.5) is 0 Å². The Morgan fingerprint density at radius 2 is 2.05 bits per heavy atom. The normalized spacial score (nSPS) is 32.3. The van der Waals surface area contributed by atoms with Gasteiger partial charge < -0.3 is 4.74 Å². The minimum atomic E-state index is 0.122. The molecule has 0 bridgehead atoms. The van der Waals surface area contributed by atoms with Crippen LogP contribution >= 0.6 is 0 Å². The Labute approximate surface area is 131 Å². The van der Waals surface area contributed by atoms with Gasteiger partial charge in [-0.2, -0.15) is 5.48 Å². The molecular weight excluding hydrogens is 280 g/mol. The Kier molecular flexibility index (Phi) is 5.41. The zero-order valence-electron chi connectivity index (χ0n) is 13.3. The van der Waals surface area contributed by atoms with Gasteiger partial charge in [0.2, 0.25) is 0 Å². The first-order valence-corrected chi connectivity index (χ1v) is 7.97. The van der Waals surface area contributed by atoms with Gasteiger partial charge >= 0.3 is 0 Å². The SMILES string of the molecule is COC1CC(NCc2ccc(C3CC(C)ON3)cc2)NCN1. The number of benzene rings is 1. The van der Waals surface area contributed by atoms with E-state index in [1.54, 1.807) is 7.11 Å². The lowest BCUT2D eigenvalue weighted by atomic mass is 10.0. The standard InChI is InChI=1S/C16H26N4O2/c1-11-7-14(20-22-11)13-5-3-12(4-6-13)9-17-15-8-16(21-2)19-10-18-15/h3-6,11,14-20H,7-10H2,1-2H3. The van der Waals surface area contributed by atoms with Crippen LogP contribution in [-0.2, 0) is 16.1 Å². The fourth-order valence-electron chi connectivity index (χ4n) is 2.95. The third kappa shape index (κ3) is 4.04. The van der Waals surface area contributed by atoms with Gasteiger partial charge in [-0.1, -0.05) is 24.3 Å². The summed E-state index contributed by atoms with van der Waals surface area (Å²) in [6.07, 6.45) is 2.62. The highest BCUT2D eigenvalue weighted by Crippen LogP contribution is 2.25. The number of ether oxygens (including phenoxy) is 1. The highest BCUT2D eigenvalue weighted by molar-refractivity contribution is 5.25. The van der Waals surface area contributed by atoms with E-state index in [1.165, 1.54) is 11.1 Å². The minimum Gasteiger partial charge on any atom is -0.366 e. The third-order valence-corrected chi connectivity index (χ3v) is 4.33. The fraction of sp³-hybridized carbons (Fsp3) is 0.625. The van der Waals surface area contributed by atoms with Crippen LogP contribution in [0.15, 0.2) is 24.3 Å². The monoisotopic (exact) mass is 306 g/mol. The molecule has 122 valence electrons. The molecule has 1 aromatic carbocycles. The molecule has 4 N–H and O–H groups in total. The summed E-state index contributed by atoms with van der Waals surface area (Å²) in [5.41, 5.74) is 5.66. The second kappa shape index (κ2) is 7.50. The van der Waals surface area contributed by atoms with Crippen molar-refractivity contribution in [1.82, 2.24) is 21.4 Å². The van der Waals surface area contributed by atoms with Gasteiger partial charge in [-0.15, -0.1) is 0 Å². The summed E-state index contributed by atoms with van der Waals surface area (Å²) >= 11 is 0. The second-order valence-electron chi connectivity index (χ2n) is 6.05. The molecule has 2 aliphatic rings. The molecule has 2 fully saturated rings. The lowest BCUT2D eigenvalue weighted by molar-refractivity contribution is 0.0321. The molecule has 3 rings (SSSR count). The Hall–Kier alpha value is -1.02. The van der Waals surface area contributed by atoms with Crippen molar-refractivity contribution < 1.29 is 9.57 Å². The van der Waals surface area contributed by atoms with Gasteiger partial charge in [-0.05, 0) is 24.5 Å². The maximum Gasteiger partial charge on any atom is 0.111 e. The van der Waals surface area contributed by atoms with Gasteiger partial charge in [-0.25, -0.2) is 0 Å². The molecule has 6 heteroatoms. The van der Waals surface area contributed by atoms with Gasteiger partial charge in [0.15, 0.2) is 0 Å². The average Bonchev–Trinajstić information content (AvgIpc) is 3.00. The van der Waals surface area contributed by atoms with Crippen molar-refractivity contribution in [2.45, 2.75) is 50.8 Å². The average molecular weight is 306 g/mol. The molecule has 4 atom stereocenters. The van der Waals surface area contributed by atoms with Gasteiger partial charge in [0.25, 0.3) is 0 Å². The van der Waals surface area contributed by atoms with Crippen molar-refractivity contribution in [3.63, 3.8) is 0 Å². The molecule has 0 spiro atoms. The minimum absolute atomic E-state index is 0.122. The molecule has 0 amide bonds. The second-order valence-corrected chi connectivity index (χ2v) is 6.05. The first kappa shape index (κ1) is 15.9. The van der Waals surface area contributed by atoms with Crippen molar-refractivity contribution in [1.29, 1.82) is 0 Å². The highest BCUT2D eigenvalue weighted by Gasteiger charge is 2.23. The van der Waals surface area contributed by atoms with E-state index in [0.717, 1.165) is 26.1 Å². The molecular formula is C16H26N4O2. The summed E-state index contributed by atoms with van der Waals surface area (Å²) in [6.45, 7) is 3.70. The molecule has 0 radical (unpaired) electrons. The van der Waals surface area contributed by atoms with Crippen molar-refractivity contribution in [3.8, 4) is 0 Å². The van der Waals surface area contributed by atoms with E-state index in [1.807, 2.05) is 0 Å². The Balaban J connectivity index is 1.49. The summed E-state index contributed by atoms with van der Waals surface area (Å²) in [6, 6.07) is 9.04. The third-order valence-electron chi connectivity index (χ3n) is 4.33. The van der Waals surface area contributed by atoms with Crippen LogP contribution in [0.2, 0.25) is 0 Å². The molecule has 2 aliphatic heterocycles. The van der Waals surface area contributed by atoms with Crippen LogP contribution < -0.4 is 21.4 Å². The van der Waals surface area contributed by atoms with E-state index < -0.39 is 0 Å². The topological polar surface area (TPSA) is 66.6 Å². The van der Waals surface area contributed by atoms with E-state index in [4.69, 9.17) is 9.57 Å². The predicted molar refractivity (Wildman–Crippen MR) is 84.7 cm³/mol. The Bertz CT molecular complexity index is 468. The number of hydrogen-bond donors (Lipinski definition) is 4. The van der Waals surface area contributed by atoms with E-state index in [0.29, 0.717) is 6.04 Å². The number of hydroxylamine groups is 1. The number of rotatable bonds is 5. The van der Waals surface area contributed by atoms with Crippen LogP contribution in [-0.4, -0.2) is 32.3 Å². The van der Waals surface area contributed by atoms with Gasteiger partial charge in [0.1, 0.15) is 6.23 Å². The quantitative estimate of drug-likeness (QED) is 0.650. The maximum absolute atomic E-state index is 5.41. The van der Waals surface area contributed by atoms with E-state index >= 15 is 0 Å². The van der Waals surface area contributed by atoms with E-state index in [-0.39, 0.29) is 18.5 Å². The maximum atomic E-state index is 5.41. The predicted octanol–water partition coefficient (Wildman–Crippen LogP) is 0.970. The Morgan fingerprint density at radius 3 is 2.73 bits per heavy atom. The molecule has 2 heterocycles. The summed E-state index contributed by atoms with van der Waals surface area (Å²) in [5, 5.41) is 10.2. The molecule has 0 saturated carbocycles. The first-order chi connectivity index (χ1) is 10.7. The molecule has 4 unspecified atom stereocenters. The van der Waals surface area contributed by atoms with Crippen LogP contribution in [0.3, 0.4) is 0 Å². The number of methoxy groups -OCH3 is 1. The smallest absolute Gasteiger partial charge is 0.111 e. The van der Waals surface area contributed by atoms with Crippen LogP contribution in [0.25, 0.3) is 0 Å². The van der Waals surface area contributed by atoms with Gasteiger partial charge in [0, 0.05) is 26.7 Å². The zero-order valence-corrected chi connectivity index (χ0v) is 13.3. The molecule has 2 saturated heterocycles. The highest BCUT2D eigenvalue weighted by atomic mass is 16.7. The largest absolute Gasteiger partial charge is 0.366 e. The van der Waals surface area contributed by atoms with E-state index in [9.17, 15) is 0 Å². The molecule has 1 aromatic rings. The lowest BCUT2D eigenvalue weighted by Gasteiger charge is -2.31. The lowest BCUT2D eigenvalue weighted by Crippen LogP contribution is -2.56. The zero-order chi connectivity index (χ0) is 15.4. The van der Waals surface area contributed by atoms with Crippen molar-refractivity contribution in [2.75, 3.05) is 13.8 Å². The number of nitrogens with one attached hydrogen (secondary N) is 4. The van der Waals surface area contributed by atoms with Gasteiger partial charge in [-0.3, -0.25) is 20.8 Å². The van der Waals surface area contributed by atoms with Crippen LogP contribution in [0, 0.1) is 0 Å². The van der Waals surface area contributed by atoms with E-state index in [2.05, 4.69) is 52.6 Å². The molecule has 0 aliphatic carbocycles. The molecule has 0 aromatic heterocycles. The van der Waals surface area contributed by atoms with Crippen LogP contribution in [0.1, 0.15) is 36.9 Å². The summed E-state index contributed by atoms with van der Waals surface area (Å²) in [7, 11) is 1.74. The van der Waals surface area contributed by atoms with Crippen molar-refractivity contribution in [3.05, 3.63) is 35.4 Å². The number of hydrogen-bond acceptors (Lipinski definition) is 6. The molecule has 6 nitrogen and oxygen atoms in total. The first-order valence-electron chi connectivity index (χ1n) is 7.97. The van der Waals surface area contributed by atoms with Gasteiger partial charge in [0.05, 0.1) is 18.3 Å². The van der Waals surface area contributed by atoms with Crippen molar-refractivity contribution >= 4 is 0 Å². The summed E-state index contributed by atoms with van der Waals surface area (Å²) in [4.78, 5) is 5.41. The summed E-state index contributed by atoms with van der Waals surface area (Å²) in [5.74, 6) is 0.